The lowest BCUT2D eigenvalue weighted by molar-refractivity contribution is 0.438. The largest absolute Gasteiger partial charge is 0.325 e. The molecule has 0 aliphatic heterocycles. The van der Waals surface area contributed by atoms with Crippen LogP contribution in [-0.4, -0.2) is 15.4 Å². The van der Waals surface area contributed by atoms with Crippen LogP contribution in [0.3, 0.4) is 0 Å². The van der Waals surface area contributed by atoms with E-state index in [4.69, 9.17) is 16.6 Å². The predicted octanol–water partition coefficient (Wildman–Crippen LogP) is 5.12. The van der Waals surface area contributed by atoms with E-state index < -0.39 is 0 Å². The van der Waals surface area contributed by atoms with Crippen LogP contribution >= 0.6 is 11.6 Å². The van der Waals surface area contributed by atoms with Crippen molar-refractivity contribution in [3.8, 4) is 0 Å². The van der Waals surface area contributed by atoms with Crippen LogP contribution in [-0.2, 0) is 6.42 Å². The van der Waals surface area contributed by atoms with Gasteiger partial charge in [-0.2, -0.15) is 0 Å². The minimum atomic E-state index is 0.475. The molecule has 2 nitrogen and oxygen atoms in total. The van der Waals surface area contributed by atoms with E-state index in [9.17, 15) is 0 Å². The van der Waals surface area contributed by atoms with E-state index in [-0.39, 0.29) is 0 Å². The van der Waals surface area contributed by atoms with Crippen molar-refractivity contribution in [2.24, 2.45) is 5.92 Å². The molecule has 0 bridgehead atoms. The maximum atomic E-state index is 5.95. The molecule has 1 heterocycles. The third-order valence-electron chi connectivity index (χ3n) is 3.84. The number of imidazole rings is 1. The number of hydrogen-bond acceptors (Lipinski definition) is 1. The van der Waals surface area contributed by atoms with Gasteiger partial charge in [-0.05, 0) is 50.3 Å². The van der Waals surface area contributed by atoms with E-state index in [1.807, 2.05) is 0 Å². The fourth-order valence-corrected chi connectivity index (χ4v) is 2.88. The van der Waals surface area contributed by atoms with Crippen molar-refractivity contribution in [2.45, 2.75) is 53.0 Å². The number of fused-ring (bicyclic) bond motifs is 1. The number of rotatable bonds is 6. The lowest BCUT2D eigenvalue weighted by atomic mass is 10.0. The summed E-state index contributed by atoms with van der Waals surface area (Å²) in [6, 6.07) is 7.00. The molecule has 0 fully saturated rings. The Bertz CT molecular complexity index is 572. The van der Waals surface area contributed by atoms with Gasteiger partial charge in [0.2, 0.25) is 0 Å². The van der Waals surface area contributed by atoms with E-state index in [1.54, 1.807) is 0 Å². The Kier molecular flexibility index (Phi) is 5.09. The molecule has 20 heavy (non-hydrogen) atoms. The third-order valence-corrected chi connectivity index (χ3v) is 4.03. The van der Waals surface area contributed by atoms with Gasteiger partial charge in [-0.1, -0.05) is 19.9 Å². The van der Waals surface area contributed by atoms with E-state index in [1.165, 1.54) is 23.9 Å². The van der Waals surface area contributed by atoms with Gasteiger partial charge in [-0.15, -0.1) is 11.6 Å². The summed E-state index contributed by atoms with van der Waals surface area (Å²) >= 11 is 5.95. The molecule has 110 valence electrons. The SMILES string of the molecule is Cc1ccc2c(c1)nc(CCCl)n2C(C)CCC(C)C. The topological polar surface area (TPSA) is 17.8 Å². The Morgan fingerprint density at radius 1 is 1.20 bits per heavy atom. The fraction of sp³-hybridized carbons (Fsp3) is 0.588. The standard InChI is InChI=1S/C17H25ClN2/c1-12(2)5-7-14(4)20-16-8-6-13(3)11-15(16)19-17(20)9-10-18/h6,8,11-12,14H,5,7,9-10H2,1-4H3. The van der Waals surface area contributed by atoms with Crippen LogP contribution in [0.4, 0.5) is 0 Å². The smallest absolute Gasteiger partial charge is 0.111 e. The molecule has 0 N–H and O–H groups in total. The molecule has 1 aromatic heterocycles. The van der Waals surface area contributed by atoms with Gasteiger partial charge < -0.3 is 4.57 Å². The lowest BCUT2D eigenvalue weighted by Gasteiger charge is -2.18. The molecule has 0 saturated carbocycles. The second-order valence-corrected chi connectivity index (χ2v) is 6.53. The molecular formula is C17H25ClN2. The number of aryl methyl sites for hydroxylation is 2. The van der Waals surface area contributed by atoms with E-state index >= 15 is 0 Å². The van der Waals surface area contributed by atoms with Crippen LogP contribution in [0.25, 0.3) is 11.0 Å². The Morgan fingerprint density at radius 2 is 1.95 bits per heavy atom. The molecule has 1 unspecified atom stereocenters. The second kappa shape index (κ2) is 6.62. The number of alkyl halides is 1. The summed E-state index contributed by atoms with van der Waals surface area (Å²) in [4.78, 5) is 4.79. The average Bonchev–Trinajstić information content (AvgIpc) is 2.73. The zero-order valence-electron chi connectivity index (χ0n) is 13.0. The lowest BCUT2D eigenvalue weighted by Crippen LogP contribution is -2.11. The number of aromatic nitrogens is 2. The first-order chi connectivity index (χ1) is 9.52. The first-order valence-corrected chi connectivity index (χ1v) is 8.09. The zero-order chi connectivity index (χ0) is 14.7. The summed E-state index contributed by atoms with van der Waals surface area (Å²) in [5.74, 6) is 2.49. The van der Waals surface area contributed by atoms with Gasteiger partial charge in [-0.3, -0.25) is 0 Å². The average molecular weight is 293 g/mol. The van der Waals surface area contributed by atoms with Gasteiger partial charge in [0.1, 0.15) is 5.82 Å². The van der Waals surface area contributed by atoms with Crippen LogP contribution in [0.15, 0.2) is 18.2 Å². The highest BCUT2D eigenvalue weighted by atomic mass is 35.5. The second-order valence-electron chi connectivity index (χ2n) is 6.15. The Hall–Kier alpha value is -1.02. The highest BCUT2D eigenvalue weighted by molar-refractivity contribution is 6.17. The zero-order valence-corrected chi connectivity index (χ0v) is 13.7. The molecule has 0 aliphatic rings. The molecule has 1 atom stereocenters. The van der Waals surface area contributed by atoms with Crippen molar-refractivity contribution in [2.75, 3.05) is 5.88 Å². The molecule has 2 rings (SSSR count). The number of hydrogen-bond donors (Lipinski definition) is 0. The van der Waals surface area contributed by atoms with Crippen molar-refractivity contribution in [3.05, 3.63) is 29.6 Å². The first kappa shape index (κ1) is 15.4. The van der Waals surface area contributed by atoms with Crippen LogP contribution < -0.4 is 0 Å². The Morgan fingerprint density at radius 3 is 2.60 bits per heavy atom. The van der Waals surface area contributed by atoms with Gasteiger partial charge in [-0.25, -0.2) is 4.98 Å². The summed E-state index contributed by atoms with van der Waals surface area (Å²) in [7, 11) is 0. The molecule has 2 aromatic rings. The fourth-order valence-electron chi connectivity index (χ4n) is 2.72. The molecular weight excluding hydrogens is 268 g/mol. The van der Waals surface area contributed by atoms with Crippen molar-refractivity contribution in [1.82, 2.24) is 9.55 Å². The summed E-state index contributed by atoms with van der Waals surface area (Å²) < 4.78 is 2.39. The van der Waals surface area contributed by atoms with Crippen molar-refractivity contribution in [3.63, 3.8) is 0 Å². The van der Waals surface area contributed by atoms with Crippen molar-refractivity contribution < 1.29 is 0 Å². The van der Waals surface area contributed by atoms with Gasteiger partial charge in [0.05, 0.1) is 11.0 Å². The summed E-state index contributed by atoms with van der Waals surface area (Å²) in [6.45, 7) is 8.96. The van der Waals surface area contributed by atoms with Crippen LogP contribution in [0, 0.1) is 12.8 Å². The van der Waals surface area contributed by atoms with Gasteiger partial charge in [0.15, 0.2) is 0 Å². The third kappa shape index (κ3) is 3.35. The normalized spacial score (nSPS) is 13.3. The highest BCUT2D eigenvalue weighted by Crippen LogP contribution is 2.26. The molecule has 0 spiro atoms. The number of nitrogens with zero attached hydrogens (tertiary/aromatic N) is 2. The van der Waals surface area contributed by atoms with Gasteiger partial charge in [0, 0.05) is 18.3 Å². The van der Waals surface area contributed by atoms with Crippen LogP contribution in [0.5, 0.6) is 0 Å². The minimum Gasteiger partial charge on any atom is -0.325 e. The maximum absolute atomic E-state index is 5.95. The Labute approximate surface area is 127 Å². The molecule has 0 aliphatic carbocycles. The number of halogens is 1. The quantitative estimate of drug-likeness (QED) is 0.675. The van der Waals surface area contributed by atoms with Gasteiger partial charge >= 0.3 is 0 Å². The van der Waals surface area contributed by atoms with E-state index in [2.05, 4.69) is 50.5 Å². The molecule has 0 saturated heterocycles. The molecule has 3 heteroatoms. The van der Waals surface area contributed by atoms with Crippen LogP contribution in [0.1, 0.15) is 51.0 Å². The Balaban J connectivity index is 2.39. The number of benzene rings is 1. The summed E-state index contributed by atoms with van der Waals surface area (Å²) in [6.07, 6.45) is 3.26. The predicted molar refractivity (Wildman–Crippen MR) is 87.7 cm³/mol. The van der Waals surface area contributed by atoms with Gasteiger partial charge in [0.25, 0.3) is 0 Å². The van der Waals surface area contributed by atoms with Crippen molar-refractivity contribution in [1.29, 1.82) is 0 Å². The summed E-state index contributed by atoms with van der Waals surface area (Å²) in [5.41, 5.74) is 3.60. The van der Waals surface area contributed by atoms with Crippen LogP contribution in [0.2, 0.25) is 0 Å². The monoisotopic (exact) mass is 292 g/mol. The van der Waals surface area contributed by atoms with E-state index in [0.29, 0.717) is 11.9 Å². The maximum Gasteiger partial charge on any atom is 0.111 e. The molecule has 0 amide bonds. The highest BCUT2D eigenvalue weighted by Gasteiger charge is 2.15. The first-order valence-electron chi connectivity index (χ1n) is 7.56. The minimum absolute atomic E-state index is 0.475. The van der Waals surface area contributed by atoms with Crippen molar-refractivity contribution >= 4 is 22.6 Å². The molecule has 0 radical (unpaired) electrons. The summed E-state index contributed by atoms with van der Waals surface area (Å²) in [5, 5.41) is 0. The molecule has 1 aromatic carbocycles. The van der Waals surface area contributed by atoms with E-state index in [0.717, 1.165) is 23.7 Å².